The maximum atomic E-state index is 5.36. The number of halogens is 1. The van der Waals surface area contributed by atoms with Crippen LogP contribution in [0.1, 0.15) is 26.7 Å². The zero-order valence-corrected chi connectivity index (χ0v) is 12.6. The predicted molar refractivity (Wildman–Crippen MR) is 76.5 cm³/mol. The van der Waals surface area contributed by atoms with E-state index in [-0.39, 0.29) is 24.0 Å². The van der Waals surface area contributed by atoms with E-state index in [0.717, 1.165) is 31.9 Å². The molecule has 0 aromatic rings. The zero-order valence-electron chi connectivity index (χ0n) is 10.3. The Kier molecular flexibility index (Phi) is 5.30. The van der Waals surface area contributed by atoms with Crippen LogP contribution in [0.3, 0.4) is 0 Å². The number of hydrogen-bond acceptors (Lipinski definition) is 4. The van der Waals surface area contributed by atoms with E-state index in [0.29, 0.717) is 18.2 Å². The van der Waals surface area contributed by atoms with Gasteiger partial charge in [0.2, 0.25) is 0 Å². The van der Waals surface area contributed by atoms with Crippen LogP contribution in [0.5, 0.6) is 0 Å². The van der Waals surface area contributed by atoms with Crippen LogP contribution >= 0.6 is 24.0 Å². The smallest absolute Gasteiger partial charge is 0.194 e. The first-order valence-electron chi connectivity index (χ1n) is 5.83. The molecular weight excluding hydrogens is 317 g/mol. The summed E-state index contributed by atoms with van der Waals surface area (Å²) in [5, 5.41) is 3.44. The Bertz CT molecular complexity index is 252. The fourth-order valence-electron chi connectivity index (χ4n) is 2.14. The Morgan fingerprint density at radius 1 is 1.31 bits per heavy atom. The van der Waals surface area contributed by atoms with Crippen LogP contribution in [-0.2, 0) is 4.74 Å². The molecule has 0 saturated carbocycles. The number of methoxy groups -OCH3 is 1. The van der Waals surface area contributed by atoms with E-state index in [1.54, 1.807) is 7.11 Å². The molecule has 2 heterocycles. The van der Waals surface area contributed by atoms with Gasteiger partial charge in [0.05, 0.1) is 12.1 Å². The molecule has 94 valence electrons. The molecule has 2 unspecified atom stereocenters. The highest BCUT2D eigenvalue weighted by molar-refractivity contribution is 14.0. The van der Waals surface area contributed by atoms with Crippen LogP contribution < -0.4 is 5.32 Å². The van der Waals surface area contributed by atoms with Gasteiger partial charge in [0.25, 0.3) is 0 Å². The van der Waals surface area contributed by atoms with Gasteiger partial charge >= 0.3 is 0 Å². The summed E-state index contributed by atoms with van der Waals surface area (Å²) in [5.41, 5.74) is 0. The van der Waals surface area contributed by atoms with Crippen molar-refractivity contribution in [2.45, 2.75) is 44.9 Å². The quantitative estimate of drug-likeness (QED) is 0.735. The Morgan fingerprint density at radius 2 is 1.94 bits per heavy atom. The second kappa shape index (κ2) is 6.05. The van der Waals surface area contributed by atoms with Crippen LogP contribution in [0, 0.1) is 0 Å². The minimum absolute atomic E-state index is 0. The summed E-state index contributed by atoms with van der Waals surface area (Å²) >= 11 is 0. The van der Waals surface area contributed by atoms with Gasteiger partial charge in [-0.2, -0.15) is 0 Å². The molecule has 4 nitrogen and oxygen atoms in total. The predicted octanol–water partition coefficient (Wildman–Crippen LogP) is 1.45. The van der Waals surface area contributed by atoms with Gasteiger partial charge in [-0.15, -0.1) is 24.0 Å². The summed E-state index contributed by atoms with van der Waals surface area (Å²) in [6.07, 6.45) is 2.66. The maximum Gasteiger partial charge on any atom is 0.194 e. The van der Waals surface area contributed by atoms with E-state index in [2.05, 4.69) is 29.1 Å². The molecule has 2 rings (SSSR count). The number of hydrogen-bond donors (Lipinski definition) is 1. The Hall–Kier alpha value is -0.0400. The first kappa shape index (κ1) is 14.0. The largest absolute Gasteiger partial charge is 0.381 e. The number of aliphatic imine (C=N–C) groups is 1. The number of nitrogens with one attached hydrogen (secondary N) is 1. The standard InChI is InChI=1S/C11H21N3O.HI/c1-8-9(2)13-11(12-8)14-6-4-10(15-3)5-7-14;/h8-10H,4-7H2,1-3H3,(H,12,13);1H. The molecule has 16 heavy (non-hydrogen) atoms. The Morgan fingerprint density at radius 3 is 2.38 bits per heavy atom. The average Bonchev–Trinajstić information content (AvgIpc) is 2.59. The molecule has 2 atom stereocenters. The van der Waals surface area contributed by atoms with Gasteiger partial charge in [0, 0.05) is 26.2 Å². The highest BCUT2D eigenvalue weighted by Gasteiger charge is 2.27. The lowest BCUT2D eigenvalue weighted by molar-refractivity contribution is 0.0572. The number of guanidine groups is 1. The minimum atomic E-state index is 0. The molecule has 1 saturated heterocycles. The van der Waals surface area contributed by atoms with E-state index in [1.165, 1.54) is 0 Å². The molecule has 0 aromatic carbocycles. The lowest BCUT2D eigenvalue weighted by Gasteiger charge is -2.32. The molecule has 0 aliphatic carbocycles. The summed E-state index contributed by atoms with van der Waals surface area (Å²) in [6, 6.07) is 0.875. The van der Waals surface area contributed by atoms with Crippen molar-refractivity contribution in [3.63, 3.8) is 0 Å². The van der Waals surface area contributed by atoms with Crippen molar-refractivity contribution >= 4 is 29.9 Å². The number of likely N-dealkylation sites (tertiary alicyclic amines) is 1. The third kappa shape index (κ3) is 3.00. The number of rotatable bonds is 1. The van der Waals surface area contributed by atoms with Gasteiger partial charge < -0.3 is 15.0 Å². The van der Waals surface area contributed by atoms with Crippen LogP contribution in [0.15, 0.2) is 4.99 Å². The highest BCUT2D eigenvalue weighted by atomic mass is 127. The minimum Gasteiger partial charge on any atom is -0.381 e. The molecule has 1 fully saturated rings. The first-order valence-corrected chi connectivity index (χ1v) is 5.83. The number of piperidine rings is 1. The van der Waals surface area contributed by atoms with Crippen LogP contribution in [0.2, 0.25) is 0 Å². The summed E-state index contributed by atoms with van der Waals surface area (Å²) in [7, 11) is 1.80. The van der Waals surface area contributed by atoms with Gasteiger partial charge in [0.1, 0.15) is 0 Å². The fraction of sp³-hybridized carbons (Fsp3) is 0.909. The monoisotopic (exact) mass is 339 g/mol. The second-order valence-corrected chi connectivity index (χ2v) is 4.55. The van der Waals surface area contributed by atoms with E-state index >= 15 is 0 Å². The van der Waals surface area contributed by atoms with E-state index in [4.69, 9.17) is 4.74 Å². The lowest BCUT2D eigenvalue weighted by atomic mass is 10.1. The summed E-state index contributed by atoms with van der Waals surface area (Å²) < 4.78 is 5.36. The lowest BCUT2D eigenvalue weighted by Crippen LogP contribution is -2.46. The maximum absolute atomic E-state index is 5.36. The van der Waals surface area contributed by atoms with Crippen LogP contribution in [-0.4, -0.2) is 49.2 Å². The highest BCUT2D eigenvalue weighted by Crippen LogP contribution is 2.16. The normalized spacial score (nSPS) is 30.7. The molecule has 0 amide bonds. The summed E-state index contributed by atoms with van der Waals surface area (Å²) in [4.78, 5) is 6.98. The third-order valence-corrected chi connectivity index (χ3v) is 3.48. The molecule has 0 radical (unpaired) electrons. The molecular formula is C11H22IN3O. The number of ether oxygens (including phenoxy) is 1. The van der Waals surface area contributed by atoms with Gasteiger partial charge in [-0.1, -0.05) is 0 Å². The van der Waals surface area contributed by atoms with Crippen molar-refractivity contribution < 1.29 is 4.74 Å². The summed E-state index contributed by atoms with van der Waals surface area (Å²) in [6.45, 7) is 6.46. The Labute approximate surface area is 115 Å². The van der Waals surface area contributed by atoms with Gasteiger partial charge in [-0.25, -0.2) is 4.99 Å². The molecule has 0 spiro atoms. The van der Waals surface area contributed by atoms with Crippen molar-refractivity contribution in [2.24, 2.45) is 4.99 Å². The Balaban J connectivity index is 0.00000128. The molecule has 2 aliphatic heterocycles. The van der Waals surface area contributed by atoms with Crippen LogP contribution in [0.25, 0.3) is 0 Å². The SMILES string of the molecule is COC1CCN(C2=NC(C)C(C)N2)CC1.I. The van der Waals surface area contributed by atoms with Crippen molar-refractivity contribution in [3.05, 3.63) is 0 Å². The van der Waals surface area contributed by atoms with E-state index in [9.17, 15) is 0 Å². The van der Waals surface area contributed by atoms with Gasteiger partial charge in [-0.05, 0) is 26.7 Å². The topological polar surface area (TPSA) is 36.9 Å². The second-order valence-electron chi connectivity index (χ2n) is 4.55. The summed E-state index contributed by atoms with van der Waals surface area (Å²) in [5.74, 6) is 1.09. The average molecular weight is 339 g/mol. The fourth-order valence-corrected chi connectivity index (χ4v) is 2.14. The molecule has 0 aromatic heterocycles. The molecule has 0 bridgehead atoms. The van der Waals surface area contributed by atoms with Gasteiger partial charge in [-0.3, -0.25) is 0 Å². The van der Waals surface area contributed by atoms with Crippen molar-refractivity contribution in [1.29, 1.82) is 0 Å². The first-order chi connectivity index (χ1) is 7.20. The molecule has 2 aliphatic rings. The molecule has 1 N–H and O–H groups in total. The van der Waals surface area contributed by atoms with Crippen molar-refractivity contribution in [3.8, 4) is 0 Å². The molecule has 5 heteroatoms. The van der Waals surface area contributed by atoms with E-state index < -0.39 is 0 Å². The third-order valence-electron chi connectivity index (χ3n) is 3.48. The van der Waals surface area contributed by atoms with E-state index in [1.807, 2.05) is 0 Å². The van der Waals surface area contributed by atoms with Crippen LogP contribution in [0.4, 0.5) is 0 Å². The van der Waals surface area contributed by atoms with Crippen molar-refractivity contribution in [2.75, 3.05) is 20.2 Å². The zero-order chi connectivity index (χ0) is 10.8. The number of nitrogens with zero attached hydrogens (tertiary/aromatic N) is 2. The van der Waals surface area contributed by atoms with Crippen molar-refractivity contribution in [1.82, 2.24) is 10.2 Å². The van der Waals surface area contributed by atoms with Gasteiger partial charge in [0.15, 0.2) is 5.96 Å².